The maximum atomic E-state index is 10.5. The van der Waals surface area contributed by atoms with Gasteiger partial charge in [0.05, 0.1) is 30.9 Å². The van der Waals surface area contributed by atoms with Crippen LogP contribution in [0.25, 0.3) is 0 Å². The van der Waals surface area contributed by atoms with Crippen LogP contribution in [-0.4, -0.2) is 105 Å². The van der Waals surface area contributed by atoms with Crippen LogP contribution in [0.15, 0.2) is 0 Å². The van der Waals surface area contributed by atoms with Gasteiger partial charge in [0.15, 0.2) is 0 Å². The molecule has 1 rings (SSSR count). The number of rotatable bonds is 23. The van der Waals surface area contributed by atoms with E-state index < -0.39 is 47.0 Å². The first-order valence-corrected chi connectivity index (χ1v) is 18.0. The van der Waals surface area contributed by atoms with Crippen LogP contribution >= 0.6 is 0 Å². The summed E-state index contributed by atoms with van der Waals surface area (Å²) >= 11 is 0. The van der Waals surface area contributed by atoms with Crippen LogP contribution in [0.5, 0.6) is 0 Å². The maximum Gasteiger partial charge on any atom is 0.507 e. The Kier molecular flexibility index (Phi) is 16.2. The van der Waals surface area contributed by atoms with Crippen LogP contribution in [0.3, 0.4) is 0 Å². The fraction of sp³-hybridized carbons (Fsp3) is 1.00. The Morgan fingerprint density at radius 3 is 1.24 bits per heavy atom. The van der Waals surface area contributed by atoms with Gasteiger partial charge in [0, 0.05) is 39.6 Å². The maximum absolute atomic E-state index is 10.5. The zero-order chi connectivity index (χ0) is 29.0. The molecule has 2 N–H and O–H groups in total. The predicted octanol–water partition coefficient (Wildman–Crippen LogP) is 3.64. The third-order valence-corrected chi connectivity index (χ3v) is 14.6. The van der Waals surface area contributed by atoms with Gasteiger partial charge >= 0.3 is 17.6 Å². The number of aliphatic hydroxyl groups excluding tert-OH is 2. The molecule has 0 aromatic carbocycles. The van der Waals surface area contributed by atoms with Crippen molar-refractivity contribution < 1.29 is 46.2 Å². The van der Waals surface area contributed by atoms with E-state index in [0.717, 1.165) is 0 Å². The molecular formula is C26H56O10Si2. The lowest BCUT2D eigenvalue weighted by Crippen LogP contribution is -2.70. The Balaban J connectivity index is 4.16. The van der Waals surface area contributed by atoms with Gasteiger partial charge in [-0.05, 0) is 53.4 Å². The van der Waals surface area contributed by atoms with Crippen molar-refractivity contribution in [3.05, 3.63) is 0 Å². The Hall–Kier alpha value is 0.0338. The summed E-state index contributed by atoms with van der Waals surface area (Å²) in [5, 5.41) is 20.2. The van der Waals surface area contributed by atoms with Gasteiger partial charge in [-0.3, -0.25) is 0 Å². The Morgan fingerprint density at radius 1 is 0.711 bits per heavy atom. The molecule has 0 spiro atoms. The average molecular weight is 585 g/mol. The molecule has 1 saturated heterocycles. The van der Waals surface area contributed by atoms with Crippen LogP contribution in [0.1, 0.15) is 69.2 Å². The zero-order valence-electron chi connectivity index (χ0n) is 25.5. The van der Waals surface area contributed by atoms with Gasteiger partial charge in [0.2, 0.25) is 0 Å². The molecule has 0 bridgehead atoms. The summed E-state index contributed by atoms with van der Waals surface area (Å²) in [4.78, 5) is 0. The third-order valence-electron chi connectivity index (χ3n) is 6.71. The van der Waals surface area contributed by atoms with E-state index in [-0.39, 0.29) is 24.5 Å². The number of ether oxygens (including phenoxy) is 2. The van der Waals surface area contributed by atoms with Gasteiger partial charge in [-0.2, -0.15) is 0 Å². The fourth-order valence-corrected chi connectivity index (χ4v) is 13.7. The summed E-state index contributed by atoms with van der Waals surface area (Å²) in [6, 6.07) is 0. The zero-order valence-corrected chi connectivity index (χ0v) is 27.5. The molecule has 0 amide bonds. The van der Waals surface area contributed by atoms with E-state index in [1.54, 1.807) is 0 Å². The van der Waals surface area contributed by atoms with Crippen LogP contribution in [-0.2, 0) is 36.0 Å². The minimum atomic E-state index is -3.48. The lowest BCUT2D eigenvalue weighted by molar-refractivity contribution is -0.144. The first kappa shape index (κ1) is 36.1. The molecule has 0 saturated carbocycles. The highest BCUT2D eigenvalue weighted by Gasteiger charge is 2.74. The van der Waals surface area contributed by atoms with Gasteiger partial charge < -0.3 is 46.2 Å². The van der Waals surface area contributed by atoms with Gasteiger partial charge in [-0.1, -0.05) is 27.7 Å². The van der Waals surface area contributed by atoms with Crippen molar-refractivity contribution in [3.63, 3.8) is 0 Å². The van der Waals surface area contributed by atoms with E-state index in [0.29, 0.717) is 46.2 Å². The SMILES string of the molecule is CCO[Si](OCC)(OCC)C(C(C)C)C(OCC(O)CO)(C1CO1)C(C(C)C)[Si](OCC)(OCC)OCC. The van der Waals surface area contributed by atoms with Crippen LogP contribution in [0, 0.1) is 11.8 Å². The summed E-state index contributed by atoms with van der Waals surface area (Å²) in [7, 11) is -6.96. The monoisotopic (exact) mass is 584 g/mol. The molecule has 0 aromatic rings. The summed E-state index contributed by atoms with van der Waals surface area (Å²) in [6.07, 6.45) is -1.45. The van der Waals surface area contributed by atoms with Crippen molar-refractivity contribution in [2.45, 2.75) is 98.1 Å². The molecule has 4 unspecified atom stereocenters. The van der Waals surface area contributed by atoms with Gasteiger partial charge in [0.1, 0.15) is 17.8 Å². The Morgan fingerprint density at radius 2 is 1.03 bits per heavy atom. The van der Waals surface area contributed by atoms with Crippen molar-refractivity contribution in [2.24, 2.45) is 11.8 Å². The van der Waals surface area contributed by atoms with Gasteiger partial charge in [-0.25, -0.2) is 0 Å². The van der Waals surface area contributed by atoms with Crippen LogP contribution in [0.4, 0.5) is 0 Å². The minimum Gasteiger partial charge on any atom is -0.394 e. The number of hydrogen-bond acceptors (Lipinski definition) is 10. The molecule has 38 heavy (non-hydrogen) atoms. The number of hydrogen-bond donors (Lipinski definition) is 2. The topological polar surface area (TPSA) is 118 Å². The Bertz CT molecular complexity index is 563. The van der Waals surface area contributed by atoms with E-state index in [1.165, 1.54) is 0 Å². The van der Waals surface area contributed by atoms with Crippen molar-refractivity contribution in [3.8, 4) is 0 Å². The molecule has 1 aliphatic rings. The van der Waals surface area contributed by atoms with Crippen molar-refractivity contribution >= 4 is 17.6 Å². The molecule has 1 fully saturated rings. The number of epoxide rings is 1. The molecule has 1 heterocycles. The standard InChI is InChI=1S/C26H56O10Si2/c1-11-31-37(32-12-2,33-13-3)24(20(7)8)26(23-19-29-23,30-18-22(28)17-27)25(21(9)10)38(34-14-4,35-15-5)36-16-6/h20-25,27-28H,11-19H2,1-10H3. The van der Waals surface area contributed by atoms with Crippen LogP contribution < -0.4 is 0 Å². The van der Waals surface area contributed by atoms with Crippen molar-refractivity contribution in [2.75, 3.05) is 59.5 Å². The second-order valence-electron chi connectivity index (χ2n) is 10.1. The van der Waals surface area contributed by atoms with Gasteiger partial charge in [-0.15, -0.1) is 0 Å². The second-order valence-corrected chi connectivity index (χ2v) is 15.5. The van der Waals surface area contributed by atoms with Gasteiger partial charge in [0.25, 0.3) is 0 Å². The smallest absolute Gasteiger partial charge is 0.394 e. The van der Waals surface area contributed by atoms with E-state index in [1.807, 2.05) is 41.5 Å². The normalized spacial score (nSPS) is 20.5. The molecule has 228 valence electrons. The minimum absolute atomic E-state index is 0.0420. The molecule has 12 heteroatoms. The van der Waals surface area contributed by atoms with E-state index >= 15 is 0 Å². The summed E-state index contributed by atoms with van der Waals surface area (Å²) in [5.41, 5.74) is -1.97. The third kappa shape index (κ3) is 8.29. The lowest BCUT2D eigenvalue weighted by Gasteiger charge is -2.55. The summed E-state index contributed by atoms with van der Waals surface area (Å²) in [5.74, 6) is -0.0840. The highest BCUT2D eigenvalue weighted by atomic mass is 28.4. The van der Waals surface area contributed by atoms with Crippen molar-refractivity contribution in [1.29, 1.82) is 0 Å². The highest BCUT2D eigenvalue weighted by molar-refractivity contribution is 6.65. The molecule has 4 atom stereocenters. The largest absolute Gasteiger partial charge is 0.507 e. The Labute approximate surface area is 233 Å². The van der Waals surface area contributed by atoms with Crippen molar-refractivity contribution in [1.82, 2.24) is 0 Å². The molecule has 0 aliphatic carbocycles. The molecule has 10 nitrogen and oxygen atoms in total. The average Bonchev–Trinajstić information content (AvgIpc) is 3.69. The van der Waals surface area contributed by atoms with E-state index in [4.69, 9.17) is 36.0 Å². The second kappa shape index (κ2) is 17.1. The fourth-order valence-electron chi connectivity index (χ4n) is 5.88. The first-order valence-electron chi connectivity index (χ1n) is 14.4. The highest BCUT2D eigenvalue weighted by Crippen LogP contribution is 2.59. The van der Waals surface area contributed by atoms with Crippen LogP contribution in [0.2, 0.25) is 11.1 Å². The molecule has 0 aromatic heterocycles. The number of aliphatic hydroxyl groups is 2. The molecule has 1 aliphatic heterocycles. The molecular weight excluding hydrogens is 528 g/mol. The van der Waals surface area contributed by atoms with E-state index in [9.17, 15) is 10.2 Å². The summed E-state index contributed by atoms with van der Waals surface area (Å²) < 4.78 is 52.1. The predicted molar refractivity (Wildman–Crippen MR) is 150 cm³/mol. The molecule has 0 radical (unpaired) electrons. The first-order chi connectivity index (χ1) is 18.1. The van der Waals surface area contributed by atoms with E-state index in [2.05, 4.69) is 27.7 Å². The quantitative estimate of drug-likeness (QED) is 0.136. The lowest BCUT2D eigenvalue weighted by atomic mass is 9.80. The summed E-state index contributed by atoms with van der Waals surface area (Å²) in [6.45, 7) is 22.3.